The zero-order valence-electron chi connectivity index (χ0n) is 9.04. The van der Waals surface area contributed by atoms with Crippen molar-refractivity contribution < 1.29 is 13.2 Å². The Morgan fingerprint density at radius 1 is 1.38 bits per heavy atom. The van der Waals surface area contributed by atoms with Crippen molar-refractivity contribution in [2.45, 2.75) is 20.0 Å². The largest absolute Gasteiger partial charge is 0.405 e. The van der Waals surface area contributed by atoms with Crippen LogP contribution in [0.4, 0.5) is 24.9 Å². The van der Waals surface area contributed by atoms with E-state index >= 15 is 0 Å². The lowest BCUT2D eigenvalue weighted by atomic mass is 10.4. The van der Waals surface area contributed by atoms with Crippen LogP contribution in [0, 0.1) is 6.92 Å². The zero-order chi connectivity index (χ0) is 12.3. The summed E-state index contributed by atoms with van der Waals surface area (Å²) in [4.78, 5) is 8.69. The first-order valence-corrected chi connectivity index (χ1v) is 4.74. The number of halogens is 3. The van der Waals surface area contributed by atoms with E-state index in [0.717, 1.165) is 4.90 Å². The third kappa shape index (κ3) is 3.56. The van der Waals surface area contributed by atoms with Crippen LogP contribution in [-0.4, -0.2) is 29.2 Å². The molecule has 0 atom stereocenters. The Hall–Kier alpha value is -1.53. The number of rotatable bonds is 3. The molecule has 0 spiro atoms. The molecule has 0 saturated heterocycles. The molecular formula is C9H13F3N4. The predicted molar refractivity (Wildman–Crippen MR) is 55.1 cm³/mol. The number of alkyl halides is 3. The average Bonchev–Trinajstić information content (AvgIpc) is 2.11. The summed E-state index contributed by atoms with van der Waals surface area (Å²) in [5.74, 6) is 0.181. The molecule has 1 rings (SSSR count). The molecule has 0 aliphatic carbocycles. The number of hydrogen-bond donors (Lipinski definition) is 1. The Morgan fingerprint density at radius 2 is 2.00 bits per heavy atom. The van der Waals surface area contributed by atoms with E-state index in [1.807, 2.05) is 0 Å². The van der Waals surface area contributed by atoms with E-state index in [1.54, 1.807) is 13.8 Å². The van der Waals surface area contributed by atoms with Crippen molar-refractivity contribution in [1.29, 1.82) is 0 Å². The first-order valence-electron chi connectivity index (χ1n) is 4.74. The third-order valence-electron chi connectivity index (χ3n) is 1.93. The molecule has 0 radical (unpaired) electrons. The summed E-state index contributed by atoms with van der Waals surface area (Å²) in [5, 5.41) is 0. The first kappa shape index (κ1) is 12.5. The number of aromatic nitrogens is 2. The molecular weight excluding hydrogens is 221 g/mol. The van der Waals surface area contributed by atoms with Gasteiger partial charge in [-0.3, -0.25) is 0 Å². The molecule has 0 aliphatic heterocycles. The van der Waals surface area contributed by atoms with Crippen molar-refractivity contribution in [2.24, 2.45) is 0 Å². The fraction of sp³-hybridized carbons (Fsp3) is 0.556. The number of anilines is 2. The molecule has 0 aromatic carbocycles. The van der Waals surface area contributed by atoms with E-state index in [0.29, 0.717) is 5.69 Å². The highest BCUT2D eigenvalue weighted by atomic mass is 19.4. The summed E-state index contributed by atoms with van der Waals surface area (Å²) in [6, 6.07) is 1.48. The molecule has 0 unspecified atom stereocenters. The molecule has 0 saturated carbocycles. The Labute approximate surface area is 91.3 Å². The maximum Gasteiger partial charge on any atom is 0.405 e. The summed E-state index contributed by atoms with van der Waals surface area (Å²) in [5.41, 5.74) is 5.93. The number of nitrogens with two attached hydrogens (primary N) is 1. The normalized spacial score (nSPS) is 11.6. The zero-order valence-corrected chi connectivity index (χ0v) is 9.04. The van der Waals surface area contributed by atoms with E-state index in [-0.39, 0.29) is 18.3 Å². The fourth-order valence-electron chi connectivity index (χ4n) is 1.31. The van der Waals surface area contributed by atoms with E-state index in [1.165, 1.54) is 6.07 Å². The van der Waals surface area contributed by atoms with Crippen molar-refractivity contribution in [3.63, 3.8) is 0 Å². The van der Waals surface area contributed by atoms with Crippen LogP contribution in [0.2, 0.25) is 0 Å². The highest BCUT2D eigenvalue weighted by Crippen LogP contribution is 2.21. The van der Waals surface area contributed by atoms with Crippen molar-refractivity contribution in [3.8, 4) is 0 Å². The summed E-state index contributed by atoms with van der Waals surface area (Å²) in [6.07, 6.45) is -4.26. The quantitative estimate of drug-likeness (QED) is 0.865. The fourth-order valence-corrected chi connectivity index (χ4v) is 1.31. The molecule has 4 nitrogen and oxygen atoms in total. The molecule has 90 valence electrons. The van der Waals surface area contributed by atoms with Crippen LogP contribution in [-0.2, 0) is 0 Å². The van der Waals surface area contributed by atoms with Gasteiger partial charge in [-0.2, -0.15) is 18.2 Å². The van der Waals surface area contributed by atoms with E-state index in [4.69, 9.17) is 5.73 Å². The van der Waals surface area contributed by atoms with Gasteiger partial charge in [0.05, 0.1) is 0 Å². The Morgan fingerprint density at radius 3 is 2.44 bits per heavy atom. The summed E-state index contributed by atoms with van der Waals surface area (Å²) < 4.78 is 36.8. The van der Waals surface area contributed by atoms with Gasteiger partial charge in [0.1, 0.15) is 12.4 Å². The van der Waals surface area contributed by atoms with Gasteiger partial charge in [0.25, 0.3) is 0 Å². The Bertz CT molecular complexity index is 344. The molecule has 1 aromatic heterocycles. The molecule has 1 aromatic rings. The Kier molecular flexibility index (Phi) is 3.56. The van der Waals surface area contributed by atoms with E-state index in [2.05, 4.69) is 9.97 Å². The van der Waals surface area contributed by atoms with Gasteiger partial charge in [0.2, 0.25) is 5.95 Å². The lowest BCUT2D eigenvalue weighted by Gasteiger charge is -2.23. The predicted octanol–water partition coefficient (Wildman–Crippen LogP) is 1.76. The standard InChI is InChI=1S/C9H13F3N4/c1-3-16(5-9(10,11)12)7-4-6(2)14-8(13)15-7/h4H,3,5H2,1-2H3,(H2,13,14,15). The van der Waals surface area contributed by atoms with E-state index < -0.39 is 12.7 Å². The van der Waals surface area contributed by atoms with Crippen LogP contribution in [0.5, 0.6) is 0 Å². The Balaban J connectivity index is 2.95. The minimum absolute atomic E-state index is 0.0179. The summed E-state index contributed by atoms with van der Waals surface area (Å²) >= 11 is 0. The highest BCUT2D eigenvalue weighted by molar-refractivity contribution is 5.43. The lowest BCUT2D eigenvalue weighted by Crippen LogP contribution is -2.34. The molecule has 1 heterocycles. The third-order valence-corrected chi connectivity index (χ3v) is 1.93. The molecule has 0 aliphatic rings. The van der Waals surface area contributed by atoms with Crippen LogP contribution < -0.4 is 10.6 Å². The van der Waals surface area contributed by atoms with E-state index in [9.17, 15) is 13.2 Å². The number of nitrogens with zero attached hydrogens (tertiary/aromatic N) is 3. The number of hydrogen-bond acceptors (Lipinski definition) is 4. The first-order chi connectivity index (χ1) is 7.31. The monoisotopic (exact) mass is 234 g/mol. The molecule has 16 heavy (non-hydrogen) atoms. The molecule has 7 heteroatoms. The summed E-state index contributed by atoms with van der Waals surface area (Å²) in [6.45, 7) is 2.44. The second-order valence-corrected chi connectivity index (χ2v) is 3.36. The minimum atomic E-state index is -4.26. The van der Waals surface area contributed by atoms with Gasteiger partial charge in [-0.05, 0) is 13.8 Å². The molecule has 0 amide bonds. The van der Waals surface area contributed by atoms with Crippen LogP contribution in [0.3, 0.4) is 0 Å². The molecule has 0 bridgehead atoms. The van der Waals surface area contributed by atoms with Gasteiger partial charge in [-0.1, -0.05) is 0 Å². The van der Waals surface area contributed by atoms with Crippen LogP contribution >= 0.6 is 0 Å². The van der Waals surface area contributed by atoms with Gasteiger partial charge >= 0.3 is 6.18 Å². The van der Waals surface area contributed by atoms with Crippen molar-refractivity contribution in [2.75, 3.05) is 23.7 Å². The average molecular weight is 234 g/mol. The minimum Gasteiger partial charge on any atom is -0.368 e. The number of nitrogen functional groups attached to an aromatic ring is 1. The molecule has 2 N–H and O–H groups in total. The van der Waals surface area contributed by atoms with Gasteiger partial charge < -0.3 is 10.6 Å². The van der Waals surface area contributed by atoms with Crippen LogP contribution in [0.15, 0.2) is 6.07 Å². The maximum absolute atomic E-state index is 12.3. The van der Waals surface area contributed by atoms with Crippen molar-refractivity contribution in [1.82, 2.24) is 9.97 Å². The lowest BCUT2D eigenvalue weighted by molar-refractivity contribution is -0.119. The van der Waals surface area contributed by atoms with Crippen LogP contribution in [0.25, 0.3) is 0 Å². The maximum atomic E-state index is 12.3. The van der Waals surface area contributed by atoms with Gasteiger partial charge in [0, 0.05) is 18.3 Å². The summed E-state index contributed by atoms with van der Waals surface area (Å²) in [7, 11) is 0. The second kappa shape index (κ2) is 4.54. The SMILES string of the molecule is CCN(CC(F)(F)F)c1cc(C)nc(N)n1. The highest BCUT2D eigenvalue weighted by Gasteiger charge is 2.30. The van der Waals surface area contributed by atoms with Crippen molar-refractivity contribution in [3.05, 3.63) is 11.8 Å². The van der Waals surface area contributed by atoms with Gasteiger partial charge in [-0.15, -0.1) is 0 Å². The smallest absolute Gasteiger partial charge is 0.368 e. The molecule has 0 fully saturated rings. The van der Waals surface area contributed by atoms with Crippen LogP contribution in [0.1, 0.15) is 12.6 Å². The second-order valence-electron chi connectivity index (χ2n) is 3.36. The van der Waals surface area contributed by atoms with Gasteiger partial charge in [-0.25, -0.2) is 4.98 Å². The topological polar surface area (TPSA) is 55.0 Å². The van der Waals surface area contributed by atoms with Crippen molar-refractivity contribution >= 4 is 11.8 Å². The van der Waals surface area contributed by atoms with Gasteiger partial charge in [0.15, 0.2) is 0 Å². The number of aryl methyl sites for hydroxylation is 1.